The molecule has 0 aliphatic carbocycles. The number of hydrogen-bond donors (Lipinski definition) is 1. The van der Waals surface area contributed by atoms with E-state index in [4.69, 9.17) is 4.98 Å². The Morgan fingerprint density at radius 3 is 2.21 bits per heavy atom. The van der Waals surface area contributed by atoms with Crippen LogP contribution in [0.2, 0.25) is 0 Å². The van der Waals surface area contributed by atoms with Crippen LogP contribution in [0.3, 0.4) is 0 Å². The van der Waals surface area contributed by atoms with E-state index in [1.54, 1.807) is 53.8 Å². The molecule has 38 heavy (non-hydrogen) atoms. The highest BCUT2D eigenvalue weighted by Crippen LogP contribution is 2.31. The topological polar surface area (TPSA) is 79.4 Å². The minimum atomic E-state index is -3.97. The first-order valence-corrected chi connectivity index (χ1v) is 14.4. The highest BCUT2D eigenvalue weighted by Gasteiger charge is 2.27. The molecule has 0 fully saturated rings. The van der Waals surface area contributed by atoms with Crippen LogP contribution in [0.1, 0.15) is 16.7 Å². The molecule has 5 rings (SSSR count). The molecular weight excluding hydrogens is 514 g/mol. The molecule has 0 atom stereocenters. The van der Waals surface area contributed by atoms with Crippen LogP contribution in [-0.4, -0.2) is 25.9 Å². The summed E-state index contributed by atoms with van der Waals surface area (Å²) in [6.45, 7) is 5.50. The SMILES string of the molecule is Cc1cc(C)cc(N(CC(=O)Nc2ccc(-c3nc4ccc(C)cc4s3)cc2)S(=O)(=O)c2ccccc2)c1. The van der Waals surface area contributed by atoms with Crippen molar-refractivity contribution in [3.8, 4) is 10.6 Å². The predicted octanol–water partition coefficient (Wildman–Crippen LogP) is 6.72. The maximum absolute atomic E-state index is 13.6. The van der Waals surface area contributed by atoms with E-state index in [2.05, 4.69) is 18.3 Å². The highest BCUT2D eigenvalue weighted by atomic mass is 32.2. The number of hydrogen-bond acceptors (Lipinski definition) is 5. The lowest BCUT2D eigenvalue weighted by Gasteiger charge is -2.25. The van der Waals surface area contributed by atoms with Crippen LogP contribution in [0, 0.1) is 20.8 Å². The molecule has 0 aliphatic rings. The Morgan fingerprint density at radius 2 is 1.53 bits per heavy atom. The van der Waals surface area contributed by atoms with Gasteiger partial charge in [0.05, 0.1) is 20.8 Å². The van der Waals surface area contributed by atoms with E-state index >= 15 is 0 Å². The summed E-state index contributed by atoms with van der Waals surface area (Å²) in [4.78, 5) is 18.0. The molecule has 5 aromatic rings. The molecule has 8 heteroatoms. The quantitative estimate of drug-likeness (QED) is 0.248. The summed E-state index contributed by atoms with van der Waals surface area (Å²) in [6.07, 6.45) is 0. The van der Waals surface area contributed by atoms with Gasteiger partial charge in [-0.3, -0.25) is 9.10 Å². The Labute approximate surface area is 226 Å². The normalized spacial score (nSPS) is 11.4. The summed E-state index contributed by atoms with van der Waals surface area (Å²) in [5, 5.41) is 3.75. The summed E-state index contributed by atoms with van der Waals surface area (Å²) in [6, 6.07) is 27.3. The number of aromatic nitrogens is 1. The van der Waals surface area contributed by atoms with Crippen LogP contribution in [0.25, 0.3) is 20.8 Å². The van der Waals surface area contributed by atoms with E-state index in [0.29, 0.717) is 11.4 Å². The number of fused-ring (bicyclic) bond motifs is 1. The van der Waals surface area contributed by atoms with Crippen molar-refractivity contribution in [2.75, 3.05) is 16.2 Å². The summed E-state index contributed by atoms with van der Waals surface area (Å²) in [7, 11) is -3.97. The van der Waals surface area contributed by atoms with Crippen molar-refractivity contribution in [1.29, 1.82) is 0 Å². The lowest BCUT2D eigenvalue weighted by atomic mass is 10.1. The van der Waals surface area contributed by atoms with Gasteiger partial charge in [-0.25, -0.2) is 13.4 Å². The van der Waals surface area contributed by atoms with Gasteiger partial charge in [0.25, 0.3) is 10.0 Å². The van der Waals surface area contributed by atoms with Crippen molar-refractivity contribution in [2.24, 2.45) is 0 Å². The number of amides is 1. The van der Waals surface area contributed by atoms with Crippen molar-refractivity contribution in [3.63, 3.8) is 0 Å². The van der Waals surface area contributed by atoms with Crippen molar-refractivity contribution in [1.82, 2.24) is 4.98 Å². The van der Waals surface area contributed by atoms with E-state index in [1.165, 1.54) is 17.7 Å². The number of thiazole rings is 1. The van der Waals surface area contributed by atoms with Gasteiger partial charge in [-0.15, -0.1) is 11.3 Å². The molecule has 0 saturated carbocycles. The van der Waals surface area contributed by atoms with E-state index in [1.807, 2.05) is 44.2 Å². The first-order valence-electron chi connectivity index (χ1n) is 12.1. The molecule has 0 spiro atoms. The average Bonchev–Trinajstić information content (AvgIpc) is 3.31. The molecule has 0 saturated heterocycles. The van der Waals surface area contributed by atoms with Crippen molar-refractivity contribution in [2.45, 2.75) is 25.7 Å². The minimum absolute atomic E-state index is 0.127. The standard InChI is InChI=1S/C30H27N3O3S2/c1-20-9-14-27-28(18-20)37-30(32-27)23-10-12-24(13-11-23)31-29(34)19-33(25-16-21(2)15-22(3)17-25)38(35,36)26-7-5-4-6-8-26/h4-18H,19H2,1-3H3,(H,31,34). The second-order valence-electron chi connectivity index (χ2n) is 9.29. The first-order chi connectivity index (χ1) is 18.2. The summed E-state index contributed by atoms with van der Waals surface area (Å²) < 4.78 is 29.4. The third-order valence-corrected chi connectivity index (χ3v) is 8.93. The summed E-state index contributed by atoms with van der Waals surface area (Å²) >= 11 is 1.62. The number of anilines is 2. The van der Waals surface area contributed by atoms with Gasteiger partial charge in [-0.1, -0.05) is 30.3 Å². The Morgan fingerprint density at radius 1 is 0.842 bits per heavy atom. The van der Waals surface area contributed by atoms with Gasteiger partial charge >= 0.3 is 0 Å². The number of sulfonamides is 1. The molecule has 1 N–H and O–H groups in total. The van der Waals surface area contributed by atoms with Crippen LogP contribution in [0.5, 0.6) is 0 Å². The molecule has 4 aromatic carbocycles. The average molecular weight is 542 g/mol. The number of nitrogens with one attached hydrogen (secondary N) is 1. The molecule has 192 valence electrons. The van der Waals surface area contributed by atoms with Gasteiger partial charge in [0.1, 0.15) is 11.6 Å². The summed E-state index contributed by atoms with van der Waals surface area (Å²) in [5.74, 6) is -0.438. The van der Waals surface area contributed by atoms with E-state index in [9.17, 15) is 13.2 Å². The lowest BCUT2D eigenvalue weighted by Crippen LogP contribution is -2.38. The van der Waals surface area contributed by atoms with Gasteiger partial charge in [-0.05, 0) is 98.1 Å². The zero-order chi connectivity index (χ0) is 26.9. The zero-order valence-corrected chi connectivity index (χ0v) is 22.9. The van der Waals surface area contributed by atoms with Crippen molar-refractivity contribution in [3.05, 3.63) is 108 Å². The maximum atomic E-state index is 13.6. The van der Waals surface area contributed by atoms with Crippen LogP contribution in [0.4, 0.5) is 11.4 Å². The van der Waals surface area contributed by atoms with E-state index < -0.39 is 15.9 Å². The van der Waals surface area contributed by atoms with Gasteiger partial charge in [0.2, 0.25) is 5.91 Å². The van der Waals surface area contributed by atoms with Crippen molar-refractivity contribution >= 4 is 48.9 Å². The molecule has 1 heterocycles. The minimum Gasteiger partial charge on any atom is -0.325 e. The van der Waals surface area contributed by atoms with Crippen LogP contribution in [-0.2, 0) is 14.8 Å². The van der Waals surface area contributed by atoms with Crippen LogP contribution < -0.4 is 9.62 Å². The Kier molecular flexibility index (Phi) is 7.01. The zero-order valence-electron chi connectivity index (χ0n) is 21.3. The number of nitrogens with zero attached hydrogens (tertiary/aromatic N) is 2. The van der Waals surface area contributed by atoms with Gasteiger partial charge in [0, 0.05) is 11.3 Å². The number of carbonyl (C=O) groups excluding carboxylic acids is 1. The monoisotopic (exact) mass is 541 g/mol. The van der Waals surface area contributed by atoms with Gasteiger partial charge < -0.3 is 5.32 Å². The molecule has 0 aliphatic heterocycles. The van der Waals surface area contributed by atoms with Crippen LogP contribution in [0.15, 0.2) is 95.9 Å². The molecular formula is C30H27N3O3S2. The summed E-state index contributed by atoms with van der Waals surface area (Å²) in [5.41, 5.74) is 5.94. The fourth-order valence-electron chi connectivity index (χ4n) is 4.31. The number of carbonyl (C=O) groups is 1. The Balaban J connectivity index is 1.38. The largest absolute Gasteiger partial charge is 0.325 e. The lowest BCUT2D eigenvalue weighted by molar-refractivity contribution is -0.114. The smallest absolute Gasteiger partial charge is 0.264 e. The van der Waals surface area contributed by atoms with Crippen molar-refractivity contribution < 1.29 is 13.2 Å². The molecule has 6 nitrogen and oxygen atoms in total. The molecule has 0 unspecified atom stereocenters. The Hall–Kier alpha value is -4.01. The fourth-order valence-corrected chi connectivity index (χ4v) is 6.81. The third-order valence-electron chi connectivity index (χ3n) is 6.07. The molecule has 1 amide bonds. The van der Waals surface area contributed by atoms with E-state index in [-0.39, 0.29) is 11.4 Å². The highest BCUT2D eigenvalue weighted by molar-refractivity contribution is 7.92. The number of benzene rings is 4. The second kappa shape index (κ2) is 10.4. The number of aryl methyl sites for hydroxylation is 3. The molecule has 0 bridgehead atoms. The predicted molar refractivity (Wildman–Crippen MR) is 155 cm³/mol. The third kappa shape index (κ3) is 5.46. The first kappa shape index (κ1) is 25.6. The Bertz CT molecular complexity index is 1710. The fraction of sp³-hybridized carbons (Fsp3) is 0.133. The maximum Gasteiger partial charge on any atom is 0.264 e. The molecule has 0 radical (unpaired) electrons. The second-order valence-corrected chi connectivity index (χ2v) is 12.2. The van der Waals surface area contributed by atoms with Crippen LogP contribution >= 0.6 is 11.3 Å². The van der Waals surface area contributed by atoms with Gasteiger partial charge in [-0.2, -0.15) is 0 Å². The van der Waals surface area contributed by atoms with E-state index in [0.717, 1.165) is 36.2 Å². The molecule has 1 aromatic heterocycles. The van der Waals surface area contributed by atoms with Gasteiger partial charge in [0.15, 0.2) is 0 Å². The number of rotatable bonds is 7.